The molecule has 1 aliphatic heterocycles. The van der Waals surface area contributed by atoms with Gasteiger partial charge in [-0.25, -0.2) is 14.8 Å². The normalized spacial score (nSPS) is 24.3. The van der Waals surface area contributed by atoms with E-state index >= 15 is 0 Å². The summed E-state index contributed by atoms with van der Waals surface area (Å²) in [5, 5.41) is 6.00. The second-order valence-electron chi connectivity index (χ2n) is 17.7. The quantitative estimate of drug-likeness (QED) is 0.112. The number of pyridine rings is 1. The van der Waals surface area contributed by atoms with Crippen LogP contribution in [0.25, 0.3) is 22.4 Å². The standard InChI is InChI=1S/C47H58N8O4/c1-26(2)41-34(9-7-19-48-41)23-51-45(56)40-33-16-15-32(22-33)39(40)44-50-24-36(53-44)30-13-11-29(12-14-30)35-18-17-31(21-28(35)5)37-25-49-43(52-37)38-10-8-20-55(38)46(57)42(27(3)4)54-47(58)59-6/h7,9,11-14,17-19,24-28,32-33,38-40,42H,8,10,15-16,20-23H2,1-6H3,(H,49,52)(H,50,53)(H,51,56)(H,54,58)/t28?,32?,33?,38-,39+,40?,42-/m0/s1. The number of alkyl carbamates (subject to hydrolysis) is 1. The molecule has 310 valence electrons. The number of carbonyl (C=O) groups excluding carboxylic acids is 3. The van der Waals surface area contributed by atoms with Gasteiger partial charge in [-0.2, -0.15) is 0 Å². The highest BCUT2D eigenvalue weighted by molar-refractivity contribution is 5.86. The van der Waals surface area contributed by atoms with E-state index in [1.54, 1.807) is 0 Å². The number of H-pyrrole nitrogens is 2. The van der Waals surface area contributed by atoms with E-state index < -0.39 is 12.1 Å². The number of imidazole rings is 2. The van der Waals surface area contributed by atoms with E-state index in [0.717, 1.165) is 78.4 Å². The topological polar surface area (TPSA) is 158 Å². The first-order valence-corrected chi connectivity index (χ1v) is 21.5. The van der Waals surface area contributed by atoms with Crippen LogP contribution in [0, 0.1) is 29.6 Å². The maximum absolute atomic E-state index is 13.8. The van der Waals surface area contributed by atoms with E-state index in [9.17, 15) is 14.4 Å². The SMILES string of the molecule is COC(=O)N[C@H](C(=O)N1CCC[C@H]1c1ncc(C2=CC=C(c3ccc(-c4cnc([C@@H]5C6CCC(C6)C5C(=O)NCc5cccnc5C(C)C)[nH]4)cc3)C(C)C2)[nH]1)C(C)C. The van der Waals surface area contributed by atoms with Crippen molar-refractivity contribution in [3.8, 4) is 11.3 Å². The number of benzene rings is 1. The number of amides is 3. The minimum absolute atomic E-state index is 0.0822. The number of aromatic nitrogens is 5. The zero-order chi connectivity index (χ0) is 41.4. The molecule has 8 rings (SSSR count). The van der Waals surface area contributed by atoms with Gasteiger partial charge in [0, 0.05) is 30.9 Å². The summed E-state index contributed by atoms with van der Waals surface area (Å²) in [5.74, 6) is 3.05. The summed E-state index contributed by atoms with van der Waals surface area (Å²) < 4.78 is 4.78. The molecule has 4 heterocycles. The Balaban J connectivity index is 0.929. The molecule has 4 unspecified atom stereocenters. The zero-order valence-corrected chi connectivity index (χ0v) is 35.1. The number of fused-ring (bicyclic) bond motifs is 2. The molecule has 4 aromatic rings. The number of likely N-dealkylation sites (tertiary alicyclic amines) is 1. The van der Waals surface area contributed by atoms with E-state index in [2.05, 4.69) is 88.8 Å². The number of carbonyl (C=O) groups is 3. The van der Waals surface area contributed by atoms with Crippen LogP contribution in [-0.4, -0.2) is 67.4 Å². The number of aromatic amines is 2. The fourth-order valence-corrected chi connectivity index (χ4v) is 10.3. The Morgan fingerprint density at radius 1 is 0.898 bits per heavy atom. The van der Waals surface area contributed by atoms with Crippen LogP contribution in [0.3, 0.4) is 0 Å². The van der Waals surface area contributed by atoms with Gasteiger partial charge in [0.1, 0.15) is 17.7 Å². The molecule has 59 heavy (non-hydrogen) atoms. The molecule has 3 amide bonds. The number of ether oxygens (including phenoxy) is 1. The Hall–Kier alpha value is -5.52. The zero-order valence-electron chi connectivity index (χ0n) is 35.1. The van der Waals surface area contributed by atoms with Gasteiger partial charge in [-0.15, -0.1) is 0 Å². The van der Waals surface area contributed by atoms with E-state index in [1.807, 2.05) is 43.4 Å². The summed E-state index contributed by atoms with van der Waals surface area (Å²) >= 11 is 0. The minimum atomic E-state index is -0.670. The number of nitrogens with one attached hydrogen (secondary N) is 4. The number of hydrogen-bond donors (Lipinski definition) is 4. The van der Waals surface area contributed by atoms with Crippen LogP contribution in [0.2, 0.25) is 0 Å². The lowest BCUT2D eigenvalue weighted by molar-refractivity contribution is -0.135. The second-order valence-corrected chi connectivity index (χ2v) is 17.7. The van der Waals surface area contributed by atoms with E-state index in [1.165, 1.54) is 23.8 Å². The number of nitrogens with zero attached hydrogens (tertiary/aromatic N) is 4. The molecule has 12 nitrogen and oxygen atoms in total. The Morgan fingerprint density at radius 2 is 1.63 bits per heavy atom. The number of rotatable bonds is 12. The van der Waals surface area contributed by atoms with E-state index in [0.29, 0.717) is 30.8 Å². The average molecular weight is 799 g/mol. The predicted octanol–water partition coefficient (Wildman–Crippen LogP) is 8.32. The largest absolute Gasteiger partial charge is 0.453 e. The summed E-state index contributed by atoms with van der Waals surface area (Å²) in [5.41, 5.74) is 8.75. The third-order valence-corrected chi connectivity index (χ3v) is 13.3. The predicted molar refractivity (Wildman–Crippen MR) is 227 cm³/mol. The summed E-state index contributed by atoms with van der Waals surface area (Å²) in [6.07, 6.45) is 15.3. The lowest BCUT2D eigenvalue weighted by Crippen LogP contribution is -2.51. The summed E-state index contributed by atoms with van der Waals surface area (Å²) in [6.45, 7) is 11.5. The van der Waals surface area contributed by atoms with Gasteiger partial charge in [-0.1, -0.05) is 77.1 Å². The molecule has 4 N–H and O–H groups in total. The van der Waals surface area contributed by atoms with Gasteiger partial charge in [-0.3, -0.25) is 14.6 Å². The highest BCUT2D eigenvalue weighted by Crippen LogP contribution is 2.56. The van der Waals surface area contributed by atoms with Crippen molar-refractivity contribution >= 4 is 29.1 Å². The van der Waals surface area contributed by atoms with Crippen LogP contribution in [0.5, 0.6) is 0 Å². The van der Waals surface area contributed by atoms with Crippen molar-refractivity contribution in [2.75, 3.05) is 13.7 Å². The van der Waals surface area contributed by atoms with Gasteiger partial charge in [0.05, 0.1) is 42.9 Å². The smallest absolute Gasteiger partial charge is 0.407 e. The van der Waals surface area contributed by atoms with Crippen LogP contribution in [0.15, 0.2) is 67.1 Å². The van der Waals surface area contributed by atoms with Gasteiger partial charge in [-0.05, 0) is 102 Å². The summed E-state index contributed by atoms with van der Waals surface area (Å²) in [7, 11) is 1.30. The van der Waals surface area contributed by atoms with Crippen molar-refractivity contribution in [3.63, 3.8) is 0 Å². The van der Waals surface area contributed by atoms with E-state index in [-0.39, 0.29) is 41.5 Å². The molecular weight excluding hydrogens is 741 g/mol. The van der Waals surface area contributed by atoms with Crippen molar-refractivity contribution in [1.29, 1.82) is 0 Å². The van der Waals surface area contributed by atoms with Gasteiger partial charge in [0.25, 0.3) is 0 Å². The van der Waals surface area contributed by atoms with Crippen molar-refractivity contribution < 1.29 is 19.1 Å². The second kappa shape index (κ2) is 17.0. The average Bonchev–Trinajstić information content (AvgIpc) is 4.10. The molecule has 0 radical (unpaired) electrons. The van der Waals surface area contributed by atoms with Gasteiger partial charge < -0.3 is 30.2 Å². The molecule has 4 aliphatic rings. The van der Waals surface area contributed by atoms with Gasteiger partial charge in [0.15, 0.2) is 0 Å². The lowest BCUT2D eigenvalue weighted by Gasteiger charge is -2.30. The molecule has 12 heteroatoms. The third kappa shape index (κ3) is 8.10. The van der Waals surface area contributed by atoms with Crippen molar-refractivity contribution in [1.82, 2.24) is 40.5 Å². The molecule has 2 bridgehead atoms. The minimum Gasteiger partial charge on any atom is -0.453 e. The third-order valence-electron chi connectivity index (χ3n) is 13.3. The van der Waals surface area contributed by atoms with Crippen molar-refractivity contribution in [2.45, 2.75) is 104 Å². The number of methoxy groups -OCH3 is 1. The highest BCUT2D eigenvalue weighted by Gasteiger charge is 2.52. The van der Waals surface area contributed by atoms with E-state index in [4.69, 9.17) is 14.7 Å². The molecule has 0 spiro atoms. The molecule has 3 aromatic heterocycles. The number of allylic oxidation sites excluding steroid dienone is 4. The summed E-state index contributed by atoms with van der Waals surface area (Å²) in [4.78, 5) is 62.7. The molecule has 3 aliphatic carbocycles. The molecule has 1 aromatic carbocycles. The first kappa shape index (κ1) is 40.3. The molecule has 3 fully saturated rings. The summed E-state index contributed by atoms with van der Waals surface area (Å²) in [6, 6.07) is 11.9. The van der Waals surface area contributed by atoms with Crippen LogP contribution in [0.1, 0.15) is 125 Å². The van der Waals surface area contributed by atoms with Crippen LogP contribution >= 0.6 is 0 Å². The monoisotopic (exact) mass is 798 g/mol. The lowest BCUT2D eigenvalue weighted by atomic mass is 9.78. The van der Waals surface area contributed by atoms with Crippen LogP contribution < -0.4 is 10.6 Å². The van der Waals surface area contributed by atoms with Gasteiger partial charge in [0.2, 0.25) is 11.8 Å². The van der Waals surface area contributed by atoms with Crippen LogP contribution in [-0.2, 0) is 20.9 Å². The molecule has 7 atom stereocenters. The maximum atomic E-state index is 13.8. The highest BCUT2D eigenvalue weighted by atomic mass is 16.5. The number of hydrogen-bond acceptors (Lipinski definition) is 7. The fraction of sp³-hybridized carbons (Fsp3) is 0.489. The molecule has 2 saturated carbocycles. The van der Waals surface area contributed by atoms with Crippen LogP contribution in [0.4, 0.5) is 4.79 Å². The maximum Gasteiger partial charge on any atom is 0.407 e. The Bertz CT molecular complexity index is 2230. The first-order valence-electron chi connectivity index (χ1n) is 21.5. The van der Waals surface area contributed by atoms with Crippen molar-refractivity contribution in [2.24, 2.45) is 29.6 Å². The van der Waals surface area contributed by atoms with Gasteiger partial charge >= 0.3 is 6.09 Å². The Labute approximate surface area is 347 Å². The van der Waals surface area contributed by atoms with Crippen molar-refractivity contribution in [3.05, 3.63) is 101 Å². The molecule has 1 saturated heterocycles. The fourth-order valence-electron chi connectivity index (χ4n) is 10.3. The molecular formula is C47H58N8O4. The first-order chi connectivity index (χ1) is 28.5. The Kier molecular flexibility index (Phi) is 11.6. The Morgan fingerprint density at radius 3 is 2.37 bits per heavy atom.